The zero-order valence-electron chi connectivity index (χ0n) is 12.8. The molecule has 0 aliphatic heterocycles. The third-order valence-electron chi connectivity index (χ3n) is 5.63. The maximum absolute atomic E-state index is 13.2. The van der Waals surface area contributed by atoms with Crippen molar-refractivity contribution >= 4 is 5.78 Å². The molecule has 2 aromatic rings. The van der Waals surface area contributed by atoms with Crippen LogP contribution in [0.25, 0.3) is 0 Å². The molecule has 2 aliphatic carbocycles. The van der Waals surface area contributed by atoms with Crippen molar-refractivity contribution in [3.8, 4) is 0 Å². The van der Waals surface area contributed by atoms with E-state index in [1.807, 2.05) is 18.2 Å². The maximum atomic E-state index is 13.2. The van der Waals surface area contributed by atoms with Gasteiger partial charge in [0, 0.05) is 11.6 Å². The number of Topliss-reactive ketones (excluding diaryl/α,β-unsaturated/α-hetero) is 1. The number of aromatic nitrogens is 1. The smallest absolute Gasteiger partial charge is 0.187 e. The van der Waals surface area contributed by atoms with Gasteiger partial charge in [-0.05, 0) is 61.3 Å². The van der Waals surface area contributed by atoms with Gasteiger partial charge in [0.05, 0.1) is 0 Å². The molecule has 2 nitrogen and oxygen atoms in total. The van der Waals surface area contributed by atoms with Gasteiger partial charge >= 0.3 is 0 Å². The number of carbonyl (C=O) groups excluding carboxylic acids is 1. The Labute approximate surface area is 131 Å². The Hall–Kier alpha value is -1.96. The summed E-state index contributed by atoms with van der Waals surface area (Å²) in [5.74, 6) is 0.641. The molecule has 0 saturated heterocycles. The average Bonchev–Trinajstić information content (AvgIpc) is 2.55. The summed E-state index contributed by atoms with van der Waals surface area (Å²) in [6, 6.07) is 14.4. The Morgan fingerprint density at radius 2 is 1.86 bits per heavy atom. The van der Waals surface area contributed by atoms with E-state index in [0.29, 0.717) is 11.6 Å². The summed E-state index contributed by atoms with van der Waals surface area (Å²) in [5.41, 5.74) is 3.30. The molecule has 0 bridgehead atoms. The first kappa shape index (κ1) is 13.7. The van der Waals surface area contributed by atoms with Crippen LogP contribution in [0, 0.1) is 5.41 Å². The molecule has 0 amide bonds. The Balaban J connectivity index is 1.75. The molecule has 1 atom stereocenters. The second kappa shape index (κ2) is 5.35. The van der Waals surface area contributed by atoms with Gasteiger partial charge in [-0.1, -0.05) is 36.8 Å². The summed E-state index contributed by atoms with van der Waals surface area (Å²) < 4.78 is 0. The van der Waals surface area contributed by atoms with E-state index in [-0.39, 0.29) is 11.2 Å². The van der Waals surface area contributed by atoms with Crippen molar-refractivity contribution in [2.75, 3.05) is 0 Å². The predicted octanol–water partition coefficient (Wildman–Crippen LogP) is 4.55. The molecule has 1 unspecified atom stereocenters. The van der Waals surface area contributed by atoms with Gasteiger partial charge in [-0.3, -0.25) is 9.78 Å². The van der Waals surface area contributed by atoms with Crippen molar-refractivity contribution in [1.82, 2.24) is 4.98 Å². The van der Waals surface area contributed by atoms with E-state index in [4.69, 9.17) is 0 Å². The Morgan fingerprint density at radius 3 is 2.59 bits per heavy atom. The minimum Gasteiger partial charge on any atom is -0.292 e. The predicted molar refractivity (Wildman–Crippen MR) is 87.0 cm³/mol. The average molecular weight is 291 g/mol. The molecule has 22 heavy (non-hydrogen) atoms. The lowest BCUT2D eigenvalue weighted by atomic mass is 9.54. The van der Waals surface area contributed by atoms with Crippen LogP contribution in [0.3, 0.4) is 0 Å². The van der Waals surface area contributed by atoms with Crippen LogP contribution in [-0.2, 0) is 6.42 Å². The van der Waals surface area contributed by atoms with E-state index >= 15 is 0 Å². The molecule has 0 radical (unpaired) electrons. The molecule has 1 fully saturated rings. The van der Waals surface area contributed by atoms with E-state index in [9.17, 15) is 4.79 Å². The van der Waals surface area contributed by atoms with E-state index in [1.54, 1.807) is 6.20 Å². The second-order valence-electron chi connectivity index (χ2n) is 6.70. The molecule has 4 rings (SSSR count). The van der Waals surface area contributed by atoms with Crippen LogP contribution in [0.4, 0.5) is 0 Å². The molecule has 1 aromatic carbocycles. The highest BCUT2D eigenvalue weighted by Crippen LogP contribution is 2.56. The topological polar surface area (TPSA) is 30.0 Å². The van der Waals surface area contributed by atoms with Crippen LogP contribution < -0.4 is 0 Å². The van der Waals surface area contributed by atoms with E-state index < -0.39 is 0 Å². The molecular formula is C20H21NO. The number of aryl methyl sites for hydroxylation is 1. The monoisotopic (exact) mass is 291 g/mol. The first-order valence-electron chi connectivity index (χ1n) is 8.35. The van der Waals surface area contributed by atoms with Crippen LogP contribution in [0.5, 0.6) is 0 Å². The fourth-order valence-electron chi connectivity index (χ4n) is 4.37. The van der Waals surface area contributed by atoms with Gasteiger partial charge in [-0.2, -0.15) is 0 Å². The Morgan fingerprint density at radius 1 is 1.05 bits per heavy atom. The standard InChI is InChI=1S/C20H21NO/c22-19(18-11-3-4-14-21-18)20(12-6-13-20)17-10-5-8-15-7-1-2-9-16(15)17/h1-4,7,9,11,14,17H,5-6,8,10,12-13H2. The number of rotatable bonds is 3. The first-order valence-corrected chi connectivity index (χ1v) is 8.35. The van der Waals surface area contributed by atoms with E-state index in [1.165, 1.54) is 17.5 Å². The summed E-state index contributed by atoms with van der Waals surface area (Å²) >= 11 is 0. The van der Waals surface area contributed by atoms with E-state index in [2.05, 4.69) is 29.2 Å². The minimum atomic E-state index is -0.203. The molecule has 0 spiro atoms. The van der Waals surface area contributed by atoms with Crippen LogP contribution in [0.15, 0.2) is 48.7 Å². The minimum absolute atomic E-state index is 0.203. The Kier molecular flexibility index (Phi) is 3.33. The van der Waals surface area contributed by atoms with Crippen molar-refractivity contribution in [3.05, 3.63) is 65.5 Å². The van der Waals surface area contributed by atoms with E-state index in [0.717, 1.165) is 32.1 Å². The van der Waals surface area contributed by atoms with Gasteiger partial charge in [0.25, 0.3) is 0 Å². The molecule has 1 heterocycles. The zero-order valence-corrected chi connectivity index (χ0v) is 12.8. The number of pyridine rings is 1. The number of hydrogen-bond donors (Lipinski definition) is 0. The van der Waals surface area contributed by atoms with Gasteiger partial charge in [0.15, 0.2) is 5.78 Å². The van der Waals surface area contributed by atoms with Crippen molar-refractivity contribution in [3.63, 3.8) is 0 Å². The summed E-state index contributed by atoms with van der Waals surface area (Å²) in [7, 11) is 0. The summed E-state index contributed by atoms with van der Waals surface area (Å²) in [6.45, 7) is 0. The number of carbonyl (C=O) groups is 1. The van der Waals surface area contributed by atoms with Crippen molar-refractivity contribution < 1.29 is 4.79 Å². The van der Waals surface area contributed by atoms with Crippen LogP contribution >= 0.6 is 0 Å². The lowest BCUT2D eigenvalue weighted by molar-refractivity contribution is 0.0472. The van der Waals surface area contributed by atoms with Crippen LogP contribution in [-0.4, -0.2) is 10.8 Å². The molecule has 112 valence electrons. The highest BCUT2D eigenvalue weighted by molar-refractivity contribution is 6.00. The fourth-order valence-corrected chi connectivity index (χ4v) is 4.37. The zero-order chi connectivity index (χ0) is 15.0. The highest BCUT2D eigenvalue weighted by Gasteiger charge is 2.51. The number of ketones is 1. The third-order valence-corrected chi connectivity index (χ3v) is 5.63. The summed E-state index contributed by atoms with van der Waals surface area (Å²) in [4.78, 5) is 17.5. The van der Waals surface area contributed by atoms with Gasteiger partial charge in [0.1, 0.15) is 5.69 Å². The van der Waals surface area contributed by atoms with Gasteiger partial charge in [-0.25, -0.2) is 0 Å². The van der Waals surface area contributed by atoms with Gasteiger partial charge in [-0.15, -0.1) is 0 Å². The maximum Gasteiger partial charge on any atom is 0.187 e. The highest BCUT2D eigenvalue weighted by atomic mass is 16.1. The quantitative estimate of drug-likeness (QED) is 0.776. The number of fused-ring (bicyclic) bond motifs is 1. The summed E-state index contributed by atoms with van der Waals surface area (Å²) in [5, 5.41) is 0. The first-order chi connectivity index (χ1) is 10.8. The number of benzene rings is 1. The summed E-state index contributed by atoms with van der Waals surface area (Å²) in [6.07, 6.45) is 8.41. The van der Waals surface area contributed by atoms with Crippen molar-refractivity contribution in [2.45, 2.75) is 44.4 Å². The largest absolute Gasteiger partial charge is 0.292 e. The van der Waals surface area contributed by atoms with Crippen molar-refractivity contribution in [1.29, 1.82) is 0 Å². The fraction of sp³-hybridized carbons (Fsp3) is 0.400. The van der Waals surface area contributed by atoms with Gasteiger partial charge < -0.3 is 0 Å². The second-order valence-corrected chi connectivity index (χ2v) is 6.70. The molecule has 2 aliphatic rings. The van der Waals surface area contributed by atoms with Gasteiger partial charge in [0.2, 0.25) is 0 Å². The number of hydrogen-bond acceptors (Lipinski definition) is 2. The van der Waals surface area contributed by atoms with Crippen LogP contribution in [0.2, 0.25) is 0 Å². The molecule has 1 saturated carbocycles. The Bertz CT molecular complexity index is 688. The van der Waals surface area contributed by atoms with Crippen molar-refractivity contribution in [2.24, 2.45) is 5.41 Å². The third kappa shape index (κ3) is 2.01. The lowest BCUT2D eigenvalue weighted by Gasteiger charge is -2.48. The number of nitrogens with zero attached hydrogens (tertiary/aromatic N) is 1. The molecule has 1 aromatic heterocycles. The SMILES string of the molecule is O=C(c1ccccn1)C1(C2CCCc3ccccc32)CCC1. The molecular weight excluding hydrogens is 270 g/mol. The lowest BCUT2D eigenvalue weighted by Crippen LogP contribution is -2.44. The molecule has 0 N–H and O–H groups in total. The van der Waals surface area contributed by atoms with Crippen LogP contribution in [0.1, 0.15) is 59.6 Å². The molecule has 2 heteroatoms. The normalized spacial score (nSPS) is 22.5.